The van der Waals surface area contributed by atoms with Gasteiger partial charge in [-0.3, -0.25) is 9.78 Å². The Bertz CT molecular complexity index is 674. The first kappa shape index (κ1) is 14.7. The highest BCUT2D eigenvalue weighted by Crippen LogP contribution is 2.18. The molecular formula is C16H21N5O. The normalized spacial score (nSPS) is 19.9. The van der Waals surface area contributed by atoms with E-state index in [2.05, 4.69) is 27.2 Å². The Kier molecular flexibility index (Phi) is 4.18. The van der Waals surface area contributed by atoms with E-state index in [9.17, 15) is 4.79 Å². The van der Waals surface area contributed by atoms with Crippen LogP contribution < -0.4 is 5.32 Å². The average Bonchev–Trinajstić information content (AvgIpc) is 2.54. The first-order valence-corrected chi connectivity index (χ1v) is 7.80. The third kappa shape index (κ3) is 3.00. The number of hydrogen-bond donors (Lipinski definition) is 1. The number of fused-ring (bicyclic) bond motifs is 1. The highest BCUT2D eigenvalue weighted by Gasteiger charge is 2.27. The molecule has 2 atom stereocenters. The Morgan fingerprint density at radius 1 is 1.32 bits per heavy atom. The third-order valence-electron chi connectivity index (χ3n) is 4.15. The highest BCUT2D eigenvalue weighted by atomic mass is 16.2. The van der Waals surface area contributed by atoms with Gasteiger partial charge in [0.25, 0.3) is 0 Å². The molecule has 1 aliphatic heterocycles. The van der Waals surface area contributed by atoms with Crippen molar-refractivity contribution in [1.29, 1.82) is 0 Å². The molecule has 2 unspecified atom stereocenters. The van der Waals surface area contributed by atoms with Crippen LogP contribution in [0.25, 0.3) is 11.2 Å². The molecule has 2 aromatic rings. The predicted octanol–water partition coefficient (Wildman–Crippen LogP) is 2.23. The van der Waals surface area contributed by atoms with Crippen LogP contribution in [0.2, 0.25) is 0 Å². The minimum absolute atomic E-state index is 0.133. The Morgan fingerprint density at radius 2 is 2.14 bits per heavy atom. The summed E-state index contributed by atoms with van der Waals surface area (Å²) in [5.74, 6) is 0.784. The summed E-state index contributed by atoms with van der Waals surface area (Å²) >= 11 is 0. The lowest BCUT2D eigenvalue weighted by molar-refractivity contribution is -0.134. The van der Waals surface area contributed by atoms with Crippen LogP contribution in [-0.2, 0) is 4.79 Å². The lowest BCUT2D eigenvalue weighted by atomic mass is 10.0. The molecule has 3 heterocycles. The number of hydrogen-bond acceptors (Lipinski definition) is 5. The average molecular weight is 299 g/mol. The van der Waals surface area contributed by atoms with E-state index in [1.807, 2.05) is 24.0 Å². The largest absolute Gasteiger partial charge is 0.359 e. The quantitative estimate of drug-likeness (QED) is 0.941. The molecule has 6 nitrogen and oxygen atoms in total. The molecule has 2 aromatic heterocycles. The molecule has 1 aliphatic rings. The number of piperidine rings is 1. The number of anilines is 1. The number of rotatable bonds is 3. The maximum absolute atomic E-state index is 12.6. The van der Waals surface area contributed by atoms with Crippen LogP contribution in [0.1, 0.15) is 33.1 Å². The van der Waals surface area contributed by atoms with Crippen molar-refractivity contribution >= 4 is 22.9 Å². The van der Waals surface area contributed by atoms with Gasteiger partial charge < -0.3 is 10.2 Å². The topological polar surface area (TPSA) is 71.0 Å². The van der Waals surface area contributed by atoms with Gasteiger partial charge in [0.2, 0.25) is 5.91 Å². The minimum atomic E-state index is -0.304. The standard InChI is InChI=1S/C16H21N5O/c1-11-5-3-4-10-21(11)16(22)12(2)19-14-7-6-13-15(20-14)18-9-8-17-13/h6-9,11-12H,3-5,10H2,1-2H3,(H,18,19,20). The molecule has 0 saturated carbocycles. The summed E-state index contributed by atoms with van der Waals surface area (Å²) in [7, 11) is 0. The van der Waals surface area contributed by atoms with E-state index in [0.717, 1.165) is 24.9 Å². The van der Waals surface area contributed by atoms with Crippen molar-refractivity contribution in [2.45, 2.75) is 45.2 Å². The van der Waals surface area contributed by atoms with E-state index in [1.165, 1.54) is 6.42 Å². The summed E-state index contributed by atoms with van der Waals surface area (Å²) in [4.78, 5) is 27.3. The Morgan fingerprint density at radius 3 is 2.95 bits per heavy atom. The van der Waals surface area contributed by atoms with Crippen molar-refractivity contribution in [1.82, 2.24) is 19.9 Å². The lowest BCUT2D eigenvalue weighted by Crippen LogP contribution is -2.48. The molecule has 0 bridgehead atoms. The maximum atomic E-state index is 12.6. The molecule has 1 amide bonds. The van der Waals surface area contributed by atoms with Gasteiger partial charge in [-0.15, -0.1) is 0 Å². The summed E-state index contributed by atoms with van der Waals surface area (Å²) in [6, 6.07) is 3.71. The van der Waals surface area contributed by atoms with Crippen molar-refractivity contribution in [2.24, 2.45) is 0 Å². The minimum Gasteiger partial charge on any atom is -0.359 e. The monoisotopic (exact) mass is 299 g/mol. The van der Waals surface area contributed by atoms with E-state index in [4.69, 9.17) is 0 Å². The number of amides is 1. The summed E-state index contributed by atoms with van der Waals surface area (Å²) < 4.78 is 0. The first-order chi connectivity index (χ1) is 10.6. The van der Waals surface area contributed by atoms with Crippen molar-refractivity contribution in [2.75, 3.05) is 11.9 Å². The predicted molar refractivity (Wildman–Crippen MR) is 85.4 cm³/mol. The van der Waals surface area contributed by atoms with Crippen molar-refractivity contribution in [3.05, 3.63) is 24.5 Å². The summed E-state index contributed by atoms with van der Waals surface area (Å²) in [6.45, 7) is 4.85. The fourth-order valence-electron chi connectivity index (χ4n) is 2.89. The van der Waals surface area contributed by atoms with Gasteiger partial charge in [-0.25, -0.2) is 9.97 Å². The zero-order chi connectivity index (χ0) is 15.5. The van der Waals surface area contributed by atoms with E-state index in [1.54, 1.807) is 12.4 Å². The van der Waals surface area contributed by atoms with Gasteiger partial charge in [0.05, 0.1) is 0 Å². The van der Waals surface area contributed by atoms with Gasteiger partial charge in [0.15, 0.2) is 5.65 Å². The van der Waals surface area contributed by atoms with E-state index in [-0.39, 0.29) is 11.9 Å². The van der Waals surface area contributed by atoms with Crippen molar-refractivity contribution in [3.8, 4) is 0 Å². The third-order valence-corrected chi connectivity index (χ3v) is 4.15. The van der Waals surface area contributed by atoms with Gasteiger partial charge in [0, 0.05) is 25.0 Å². The second-order valence-electron chi connectivity index (χ2n) is 5.84. The molecule has 6 heteroatoms. The van der Waals surface area contributed by atoms with Crippen LogP contribution in [0.3, 0.4) is 0 Å². The van der Waals surface area contributed by atoms with Crippen LogP contribution in [0, 0.1) is 0 Å². The fraction of sp³-hybridized carbons (Fsp3) is 0.500. The second-order valence-corrected chi connectivity index (χ2v) is 5.84. The van der Waals surface area contributed by atoms with E-state index < -0.39 is 0 Å². The number of likely N-dealkylation sites (tertiary alicyclic amines) is 1. The zero-order valence-corrected chi connectivity index (χ0v) is 13.0. The Hall–Kier alpha value is -2.24. The molecule has 116 valence electrons. The lowest BCUT2D eigenvalue weighted by Gasteiger charge is -2.35. The summed E-state index contributed by atoms with van der Waals surface area (Å²) in [6.07, 6.45) is 6.64. The SMILES string of the molecule is CC(Nc1ccc2nccnc2n1)C(=O)N1CCCCC1C. The van der Waals surface area contributed by atoms with Gasteiger partial charge in [0.1, 0.15) is 17.4 Å². The number of pyridine rings is 1. The van der Waals surface area contributed by atoms with Crippen LogP contribution >= 0.6 is 0 Å². The van der Waals surface area contributed by atoms with Crippen LogP contribution in [0.4, 0.5) is 5.82 Å². The highest BCUT2D eigenvalue weighted by molar-refractivity contribution is 5.84. The summed E-state index contributed by atoms with van der Waals surface area (Å²) in [5.41, 5.74) is 1.33. The number of carbonyl (C=O) groups excluding carboxylic acids is 1. The molecule has 1 fully saturated rings. The van der Waals surface area contributed by atoms with Gasteiger partial charge in [-0.1, -0.05) is 0 Å². The molecule has 0 aromatic carbocycles. The molecule has 3 rings (SSSR count). The maximum Gasteiger partial charge on any atom is 0.245 e. The zero-order valence-electron chi connectivity index (χ0n) is 13.0. The summed E-state index contributed by atoms with van der Waals surface area (Å²) in [5, 5.41) is 3.18. The molecule has 1 saturated heterocycles. The van der Waals surface area contributed by atoms with Crippen LogP contribution in [-0.4, -0.2) is 44.4 Å². The number of carbonyl (C=O) groups is 1. The molecule has 1 N–H and O–H groups in total. The second kappa shape index (κ2) is 6.25. The van der Waals surface area contributed by atoms with Gasteiger partial charge in [-0.2, -0.15) is 0 Å². The first-order valence-electron chi connectivity index (χ1n) is 7.80. The van der Waals surface area contributed by atoms with E-state index >= 15 is 0 Å². The molecule has 0 radical (unpaired) electrons. The molecule has 0 aliphatic carbocycles. The van der Waals surface area contributed by atoms with Crippen molar-refractivity contribution in [3.63, 3.8) is 0 Å². The molecule has 0 spiro atoms. The Labute approximate surface area is 130 Å². The smallest absolute Gasteiger partial charge is 0.245 e. The fourth-order valence-corrected chi connectivity index (χ4v) is 2.89. The number of aromatic nitrogens is 3. The number of nitrogens with zero attached hydrogens (tertiary/aromatic N) is 4. The van der Waals surface area contributed by atoms with Gasteiger partial charge in [-0.05, 0) is 45.2 Å². The van der Waals surface area contributed by atoms with Crippen LogP contribution in [0.5, 0.6) is 0 Å². The van der Waals surface area contributed by atoms with E-state index in [0.29, 0.717) is 17.5 Å². The molecular weight excluding hydrogens is 278 g/mol. The van der Waals surface area contributed by atoms with Gasteiger partial charge >= 0.3 is 0 Å². The van der Waals surface area contributed by atoms with Crippen LogP contribution in [0.15, 0.2) is 24.5 Å². The number of nitrogens with one attached hydrogen (secondary N) is 1. The Balaban J connectivity index is 1.71. The van der Waals surface area contributed by atoms with Crippen molar-refractivity contribution < 1.29 is 4.79 Å². The molecule has 22 heavy (non-hydrogen) atoms.